The third kappa shape index (κ3) is 6.22. The number of aryl methyl sites for hydroxylation is 1. The highest BCUT2D eigenvalue weighted by Crippen LogP contribution is 2.47. The van der Waals surface area contributed by atoms with Crippen LogP contribution in [0.1, 0.15) is 46.4 Å². The predicted molar refractivity (Wildman–Crippen MR) is 140 cm³/mol. The summed E-state index contributed by atoms with van der Waals surface area (Å²) in [7, 11) is 0. The second-order valence-corrected chi connectivity index (χ2v) is 10.3. The van der Waals surface area contributed by atoms with Gasteiger partial charge in [-0.15, -0.1) is 13.2 Å². The molecule has 1 aliphatic carbocycles. The van der Waals surface area contributed by atoms with Gasteiger partial charge in [0.15, 0.2) is 5.82 Å². The molecule has 1 unspecified atom stereocenters. The molecule has 1 N–H and O–H groups in total. The van der Waals surface area contributed by atoms with Crippen molar-refractivity contribution in [1.29, 1.82) is 0 Å². The number of fused-ring (bicyclic) bond motifs is 1. The van der Waals surface area contributed by atoms with E-state index in [1.807, 2.05) is 12.1 Å². The molecule has 9 nitrogen and oxygen atoms in total. The lowest BCUT2D eigenvalue weighted by Gasteiger charge is -2.32. The Morgan fingerprint density at radius 1 is 1.20 bits per heavy atom. The molecule has 0 saturated heterocycles. The van der Waals surface area contributed by atoms with Crippen LogP contribution >= 0.6 is 0 Å². The van der Waals surface area contributed by atoms with Gasteiger partial charge in [0.05, 0.1) is 17.5 Å². The van der Waals surface area contributed by atoms with Crippen molar-refractivity contribution in [2.24, 2.45) is 5.92 Å². The number of alkyl halides is 3. The molecule has 0 spiro atoms. The maximum Gasteiger partial charge on any atom is 0.573 e. The van der Waals surface area contributed by atoms with Gasteiger partial charge in [0.2, 0.25) is 11.8 Å². The summed E-state index contributed by atoms with van der Waals surface area (Å²) in [5.74, 6) is 0.402. The average molecular weight is 565 g/mol. The van der Waals surface area contributed by atoms with Crippen molar-refractivity contribution in [3.05, 3.63) is 89.1 Å². The highest BCUT2D eigenvalue weighted by Gasteiger charge is 2.47. The Kier molecular flexibility index (Phi) is 7.16. The summed E-state index contributed by atoms with van der Waals surface area (Å²) in [6, 6.07) is 9.87. The van der Waals surface area contributed by atoms with Crippen LogP contribution in [0.5, 0.6) is 5.75 Å². The van der Waals surface area contributed by atoms with Gasteiger partial charge in [-0.1, -0.05) is 29.4 Å². The van der Waals surface area contributed by atoms with Gasteiger partial charge in [-0.3, -0.25) is 19.7 Å². The van der Waals surface area contributed by atoms with Crippen molar-refractivity contribution in [3.63, 3.8) is 0 Å². The molecular weight excluding hydrogens is 537 g/mol. The Hall–Kier alpha value is -4.32. The summed E-state index contributed by atoms with van der Waals surface area (Å²) in [4.78, 5) is 28.0. The zero-order valence-corrected chi connectivity index (χ0v) is 22.2. The molecule has 4 aromatic rings. The summed E-state index contributed by atoms with van der Waals surface area (Å²) in [6.07, 6.45) is 1.58. The van der Waals surface area contributed by atoms with Crippen LogP contribution < -0.4 is 10.1 Å². The van der Waals surface area contributed by atoms with Crippen molar-refractivity contribution in [2.45, 2.75) is 51.7 Å². The predicted octanol–water partition coefficient (Wildman–Crippen LogP) is 4.71. The van der Waals surface area contributed by atoms with Crippen LogP contribution in [0.15, 0.2) is 59.5 Å². The molecule has 3 heterocycles. The lowest BCUT2D eigenvalue weighted by atomic mass is 9.87. The topological polar surface area (TPSA) is 106 Å². The molecule has 1 saturated carbocycles. The van der Waals surface area contributed by atoms with Crippen molar-refractivity contribution in [1.82, 2.24) is 30.3 Å². The first-order valence-corrected chi connectivity index (χ1v) is 13.3. The number of nitrogens with zero attached hydrogens (tertiary/aromatic N) is 5. The molecule has 1 fully saturated rings. The fraction of sp³-hybridized carbons (Fsp3) is 0.345. The number of carbonyl (C=O) groups excluding carboxylic acids is 1. The Morgan fingerprint density at radius 3 is 2.83 bits per heavy atom. The normalized spacial score (nSPS) is 18.5. The molecule has 2 aromatic heterocycles. The highest BCUT2D eigenvalue weighted by molar-refractivity contribution is 5.82. The minimum atomic E-state index is -4.77. The zero-order chi connectivity index (χ0) is 28.6. The van der Waals surface area contributed by atoms with E-state index in [0.29, 0.717) is 49.8 Å². The van der Waals surface area contributed by atoms with Crippen LogP contribution in [0.4, 0.5) is 13.2 Å². The number of rotatable bonds is 8. The van der Waals surface area contributed by atoms with Crippen molar-refractivity contribution < 1.29 is 27.2 Å². The Labute approximate surface area is 233 Å². The van der Waals surface area contributed by atoms with Crippen LogP contribution in [0.25, 0.3) is 11.1 Å². The van der Waals surface area contributed by atoms with E-state index in [4.69, 9.17) is 4.52 Å². The van der Waals surface area contributed by atoms with E-state index < -0.39 is 6.36 Å². The quantitative estimate of drug-likeness (QED) is 0.328. The van der Waals surface area contributed by atoms with Crippen LogP contribution in [-0.4, -0.2) is 43.8 Å². The van der Waals surface area contributed by atoms with E-state index in [-0.39, 0.29) is 23.5 Å². The van der Waals surface area contributed by atoms with E-state index >= 15 is 0 Å². The molecule has 1 aliphatic heterocycles. The number of hydrogen-bond acceptors (Lipinski definition) is 8. The number of aromatic nitrogens is 4. The average Bonchev–Trinajstić information content (AvgIpc) is 3.64. The number of hydrogen-bond donors (Lipinski definition) is 1. The number of ether oxygens (including phenoxy) is 1. The molecule has 2 aromatic carbocycles. The van der Waals surface area contributed by atoms with Crippen molar-refractivity contribution in [2.75, 3.05) is 6.54 Å². The molecule has 2 aliphatic rings. The minimum Gasteiger partial charge on any atom is -0.406 e. The van der Waals surface area contributed by atoms with E-state index in [2.05, 4.69) is 35.1 Å². The lowest BCUT2D eigenvalue weighted by Crippen LogP contribution is -2.33. The van der Waals surface area contributed by atoms with Gasteiger partial charge in [0.25, 0.3) is 0 Å². The van der Waals surface area contributed by atoms with E-state index in [0.717, 1.165) is 34.5 Å². The summed E-state index contributed by atoms with van der Waals surface area (Å²) in [5, 5.41) is 6.87. The Balaban J connectivity index is 1.25. The van der Waals surface area contributed by atoms with Gasteiger partial charge >= 0.3 is 6.36 Å². The van der Waals surface area contributed by atoms with Gasteiger partial charge in [-0.2, -0.15) is 4.98 Å². The van der Waals surface area contributed by atoms with Crippen molar-refractivity contribution >= 4 is 5.91 Å². The SMILES string of the molecule is Cc1noc([C@@H]2CC2C(=O)NCc2ccc(-c3cccc(OC(F)(F)F)c3)c3c2CN(Cc2cnccn2)CC3)n1. The Bertz CT molecular complexity index is 1560. The second kappa shape index (κ2) is 10.9. The van der Waals surface area contributed by atoms with Gasteiger partial charge in [-0.25, -0.2) is 0 Å². The zero-order valence-electron chi connectivity index (χ0n) is 22.2. The maximum atomic E-state index is 13.0. The smallest absolute Gasteiger partial charge is 0.406 e. The van der Waals surface area contributed by atoms with Crippen LogP contribution in [0.2, 0.25) is 0 Å². The molecule has 0 bridgehead atoms. The first-order chi connectivity index (χ1) is 19.7. The molecule has 1 amide bonds. The summed E-state index contributed by atoms with van der Waals surface area (Å²) in [5.41, 5.74) is 5.36. The third-order valence-electron chi connectivity index (χ3n) is 7.41. The number of benzene rings is 2. The van der Waals surface area contributed by atoms with Crippen LogP contribution in [-0.2, 0) is 30.8 Å². The van der Waals surface area contributed by atoms with Gasteiger partial charge < -0.3 is 14.6 Å². The fourth-order valence-electron chi connectivity index (χ4n) is 5.40. The van der Waals surface area contributed by atoms with Gasteiger partial charge in [-0.05, 0) is 59.7 Å². The molecular formula is C29H27F3N6O3. The van der Waals surface area contributed by atoms with E-state index in [1.54, 1.807) is 37.6 Å². The number of carbonyl (C=O) groups is 1. The van der Waals surface area contributed by atoms with Crippen LogP contribution in [0.3, 0.4) is 0 Å². The number of amides is 1. The molecule has 6 rings (SSSR count). The Morgan fingerprint density at radius 2 is 2.07 bits per heavy atom. The standard InChI is InChI=1S/C29H27F3N6O3/c1-17-36-28(41-37-17)25-12-24(25)27(39)35-13-19-5-6-22(18-3-2-4-21(11-18)40-29(30,31)32)23-7-10-38(16-26(19)23)15-20-14-33-8-9-34-20/h2-6,8-9,11,14,24-25H,7,10,12-13,15-16H2,1H3,(H,35,39)/t24?,25-/m1/s1. The molecule has 0 radical (unpaired) electrons. The molecule has 212 valence electrons. The lowest BCUT2D eigenvalue weighted by molar-refractivity contribution is -0.274. The van der Waals surface area contributed by atoms with Crippen LogP contribution in [0, 0.1) is 12.8 Å². The first-order valence-electron chi connectivity index (χ1n) is 13.3. The molecule has 41 heavy (non-hydrogen) atoms. The third-order valence-corrected chi connectivity index (χ3v) is 7.41. The van der Waals surface area contributed by atoms with Gasteiger partial charge in [0, 0.05) is 44.8 Å². The van der Waals surface area contributed by atoms with Crippen molar-refractivity contribution in [3.8, 4) is 16.9 Å². The summed E-state index contributed by atoms with van der Waals surface area (Å²) < 4.78 is 48.0. The second-order valence-electron chi connectivity index (χ2n) is 10.3. The number of nitrogens with one attached hydrogen (secondary N) is 1. The fourth-order valence-corrected chi connectivity index (χ4v) is 5.40. The maximum absolute atomic E-state index is 13.0. The molecule has 2 atom stereocenters. The summed E-state index contributed by atoms with van der Waals surface area (Å²) in [6.45, 7) is 4.00. The van der Waals surface area contributed by atoms with E-state index in [1.165, 1.54) is 12.1 Å². The molecule has 12 heteroatoms. The minimum absolute atomic E-state index is 0.0684. The largest absolute Gasteiger partial charge is 0.573 e. The first kappa shape index (κ1) is 26.9. The van der Waals surface area contributed by atoms with Gasteiger partial charge in [0.1, 0.15) is 5.75 Å². The summed E-state index contributed by atoms with van der Waals surface area (Å²) >= 11 is 0. The highest BCUT2D eigenvalue weighted by atomic mass is 19.4. The van der Waals surface area contributed by atoms with E-state index in [9.17, 15) is 18.0 Å². The monoisotopic (exact) mass is 564 g/mol. The number of halogens is 3.